The molecule has 3 heterocycles. The first-order valence-electron chi connectivity index (χ1n) is 16.0. The van der Waals surface area contributed by atoms with Gasteiger partial charge in [0.1, 0.15) is 11.8 Å². The molecule has 2 bridgehead atoms. The number of hydrogen-bond donors (Lipinski definition) is 1. The Morgan fingerprint density at radius 1 is 1.02 bits per heavy atom. The fraction of sp³-hybridized carbons (Fsp3) is 0.378. The number of anilines is 2. The second kappa shape index (κ2) is 13.0. The summed E-state index contributed by atoms with van der Waals surface area (Å²) in [7, 11) is 0. The van der Waals surface area contributed by atoms with Crippen molar-refractivity contribution in [2.75, 3.05) is 36.1 Å². The van der Waals surface area contributed by atoms with E-state index in [-0.39, 0.29) is 42.7 Å². The number of thioether (sulfide) groups is 1. The van der Waals surface area contributed by atoms with Crippen LogP contribution in [0.25, 0.3) is 10.8 Å². The molecular formula is C37H41N3O5S. The van der Waals surface area contributed by atoms with Gasteiger partial charge < -0.3 is 24.5 Å². The van der Waals surface area contributed by atoms with Gasteiger partial charge in [0.05, 0.1) is 35.8 Å². The maximum Gasteiger partial charge on any atom is 0.251 e. The number of hydrogen-bond acceptors (Lipinski definition) is 6. The molecule has 3 aliphatic rings. The van der Waals surface area contributed by atoms with E-state index in [9.17, 15) is 19.5 Å². The van der Waals surface area contributed by atoms with Gasteiger partial charge in [0.15, 0.2) is 0 Å². The maximum absolute atomic E-state index is 14.9. The van der Waals surface area contributed by atoms with Gasteiger partial charge in [-0.15, -0.1) is 24.9 Å². The van der Waals surface area contributed by atoms with Crippen LogP contribution in [0.15, 0.2) is 92.0 Å². The van der Waals surface area contributed by atoms with Crippen molar-refractivity contribution in [3.8, 4) is 5.75 Å². The molecule has 8 nitrogen and oxygen atoms in total. The Kier molecular flexibility index (Phi) is 8.99. The van der Waals surface area contributed by atoms with E-state index in [0.717, 1.165) is 17.2 Å². The molecule has 3 amide bonds. The first kappa shape index (κ1) is 31.9. The number of aliphatic hydroxyl groups excluding tert-OH is 1. The lowest BCUT2D eigenvalue weighted by Gasteiger charge is -2.39. The van der Waals surface area contributed by atoms with Crippen LogP contribution in [-0.4, -0.2) is 76.1 Å². The van der Waals surface area contributed by atoms with Crippen LogP contribution in [0.2, 0.25) is 0 Å². The maximum atomic E-state index is 14.9. The van der Waals surface area contributed by atoms with E-state index >= 15 is 0 Å². The molecule has 3 saturated heterocycles. The topological polar surface area (TPSA) is 90.4 Å². The van der Waals surface area contributed by atoms with E-state index in [1.165, 1.54) is 0 Å². The third-order valence-electron chi connectivity index (χ3n) is 9.66. The van der Waals surface area contributed by atoms with Crippen LogP contribution in [0.5, 0.6) is 5.75 Å². The number of rotatable bonds is 12. The number of carbonyl (C=O) groups excluding carboxylic acids is 3. The molecule has 3 aromatic carbocycles. The van der Waals surface area contributed by atoms with Crippen molar-refractivity contribution < 1.29 is 24.2 Å². The summed E-state index contributed by atoms with van der Waals surface area (Å²) in [6.45, 7) is 12.3. The number of ether oxygens (including phenoxy) is 1. The van der Waals surface area contributed by atoms with Crippen molar-refractivity contribution in [1.82, 2.24) is 4.90 Å². The van der Waals surface area contributed by atoms with E-state index < -0.39 is 28.7 Å². The highest BCUT2D eigenvalue weighted by Crippen LogP contribution is 2.67. The second-order valence-electron chi connectivity index (χ2n) is 12.3. The van der Waals surface area contributed by atoms with Crippen LogP contribution in [0, 0.1) is 11.8 Å². The van der Waals surface area contributed by atoms with Gasteiger partial charge in [0.25, 0.3) is 5.91 Å². The molecule has 1 N–H and O–H groups in total. The smallest absolute Gasteiger partial charge is 0.251 e. The molecule has 6 rings (SSSR count). The largest absolute Gasteiger partial charge is 0.494 e. The summed E-state index contributed by atoms with van der Waals surface area (Å²) in [6, 6.07) is 19.8. The fourth-order valence-electron chi connectivity index (χ4n) is 7.68. The van der Waals surface area contributed by atoms with Gasteiger partial charge in [-0.05, 0) is 73.9 Å². The first-order valence-corrected chi connectivity index (χ1v) is 16.8. The summed E-state index contributed by atoms with van der Waals surface area (Å²) in [5.41, 5.74) is 1.41. The lowest BCUT2D eigenvalue weighted by molar-refractivity contribution is -0.141. The zero-order chi connectivity index (χ0) is 32.6. The molecule has 0 aliphatic carbocycles. The normalized spacial score (nSPS) is 25.3. The Bertz CT molecular complexity index is 1660. The highest BCUT2D eigenvalue weighted by atomic mass is 32.2. The highest BCUT2D eigenvalue weighted by molar-refractivity contribution is 8.02. The minimum Gasteiger partial charge on any atom is -0.494 e. The first-order chi connectivity index (χ1) is 22.3. The lowest BCUT2D eigenvalue weighted by Crippen LogP contribution is -2.57. The molecule has 6 atom stereocenters. The third-order valence-corrected chi connectivity index (χ3v) is 11.6. The van der Waals surface area contributed by atoms with Crippen LogP contribution in [0.4, 0.5) is 11.4 Å². The molecule has 3 fully saturated rings. The number of benzene rings is 3. The second-order valence-corrected chi connectivity index (χ2v) is 13.9. The standard InChI is InChI=1S/C37H41N3O5S/c1-5-20-38(27-14-16-29(17-15-27)45-7-3)34(42)31-30-18-19-37(46-30)32(31)35(43)40(24(4)23-41)33(37)36(44)39(21-6-2)28-13-12-25-10-8-9-11-26(25)22-28/h5-6,8-17,22,24,30-33,41H,1-2,7,18-21,23H2,3-4H3/t24-,30-,31+,32+,33?,37?/m1/s1. The summed E-state index contributed by atoms with van der Waals surface area (Å²) >= 11 is 1.62. The molecule has 0 aromatic heterocycles. The number of carbonyl (C=O) groups is 3. The van der Waals surface area contributed by atoms with Crippen molar-refractivity contribution in [2.45, 2.75) is 48.8 Å². The minimum absolute atomic E-state index is 0.105. The summed E-state index contributed by atoms with van der Waals surface area (Å²) in [4.78, 5) is 48.9. The number of aliphatic hydroxyl groups is 1. The van der Waals surface area contributed by atoms with E-state index in [2.05, 4.69) is 13.2 Å². The third kappa shape index (κ3) is 5.19. The average Bonchev–Trinajstić information content (AvgIpc) is 3.73. The van der Waals surface area contributed by atoms with Crippen LogP contribution in [0.3, 0.4) is 0 Å². The molecule has 3 aliphatic heterocycles. The highest BCUT2D eigenvalue weighted by Gasteiger charge is 2.74. The van der Waals surface area contributed by atoms with Gasteiger partial charge in [-0.3, -0.25) is 14.4 Å². The van der Waals surface area contributed by atoms with Gasteiger partial charge in [0.2, 0.25) is 11.8 Å². The molecule has 240 valence electrons. The van der Waals surface area contributed by atoms with Crippen molar-refractivity contribution in [3.05, 3.63) is 92.0 Å². The molecule has 0 radical (unpaired) electrons. The summed E-state index contributed by atoms with van der Waals surface area (Å²) in [5.74, 6) is -1.20. The average molecular weight is 640 g/mol. The predicted molar refractivity (Wildman–Crippen MR) is 184 cm³/mol. The van der Waals surface area contributed by atoms with Gasteiger partial charge in [0, 0.05) is 29.7 Å². The molecule has 3 aromatic rings. The monoisotopic (exact) mass is 639 g/mol. The number of nitrogens with zero attached hydrogens (tertiary/aromatic N) is 3. The van der Waals surface area contributed by atoms with Crippen molar-refractivity contribution in [1.29, 1.82) is 0 Å². The minimum atomic E-state index is -0.843. The van der Waals surface area contributed by atoms with E-state index in [0.29, 0.717) is 30.2 Å². The fourth-order valence-corrected chi connectivity index (χ4v) is 9.87. The van der Waals surface area contributed by atoms with Crippen molar-refractivity contribution in [3.63, 3.8) is 0 Å². The quantitative estimate of drug-likeness (QED) is 0.265. The Morgan fingerprint density at radius 3 is 2.33 bits per heavy atom. The summed E-state index contributed by atoms with van der Waals surface area (Å²) in [6.07, 6.45) is 4.73. The van der Waals surface area contributed by atoms with Gasteiger partial charge >= 0.3 is 0 Å². The number of fused-ring (bicyclic) bond motifs is 2. The van der Waals surface area contributed by atoms with Crippen molar-refractivity contribution in [2.24, 2.45) is 11.8 Å². The van der Waals surface area contributed by atoms with Crippen LogP contribution in [-0.2, 0) is 14.4 Å². The van der Waals surface area contributed by atoms with Crippen LogP contribution < -0.4 is 14.5 Å². The number of amides is 3. The van der Waals surface area contributed by atoms with E-state index in [1.54, 1.807) is 45.5 Å². The Hall–Kier alpha value is -4.08. The van der Waals surface area contributed by atoms with Crippen LogP contribution >= 0.6 is 11.8 Å². The molecule has 2 unspecified atom stereocenters. The Morgan fingerprint density at radius 2 is 1.67 bits per heavy atom. The molecule has 0 saturated carbocycles. The van der Waals surface area contributed by atoms with E-state index in [1.807, 2.05) is 73.7 Å². The molecule has 9 heteroatoms. The van der Waals surface area contributed by atoms with Crippen LogP contribution in [0.1, 0.15) is 26.7 Å². The summed E-state index contributed by atoms with van der Waals surface area (Å²) in [5, 5.41) is 12.3. The SMILES string of the molecule is C=CCN(C(=O)C1N([C@H](C)CO)C(=O)[C@@H]2[C@@H](C(=O)N(CC=C)c3ccc(OCC)cc3)[C@H]3CCC12S3)c1ccc2ccccc2c1. The van der Waals surface area contributed by atoms with E-state index in [4.69, 9.17) is 4.74 Å². The van der Waals surface area contributed by atoms with Gasteiger partial charge in [-0.25, -0.2) is 0 Å². The number of likely N-dealkylation sites (tertiary alicyclic amines) is 1. The van der Waals surface area contributed by atoms with Gasteiger partial charge in [-0.1, -0.05) is 42.5 Å². The Balaban J connectivity index is 1.39. The predicted octanol–water partition coefficient (Wildman–Crippen LogP) is 5.45. The molecule has 46 heavy (non-hydrogen) atoms. The summed E-state index contributed by atoms with van der Waals surface area (Å²) < 4.78 is 4.81. The zero-order valence-corrected chi connectivity index (χ0v) is 27.2. The molecule has 1 spiro atoms. The zero-order valence-electron chi connectivity index (χ0n) is 26.4. The molecular weight excluding hydrogens is 598 g/mol. The van der Waals surface area contributed by atoms with Crippen molar-refractivity contribution >= 4 is 51.6 Å². The Labute approximate surface area is 274 Å². The lowest BCUT2D eigenvalue weighted by atomic mass is 9.70. The van der Waals surface area contributed by atoms with Gasteiger partial charge in [-0.2, -0.15) is 0 Å².